The van der Waals surface area contributed by atoms with E-state index in [0.29, 0.717) is 18.0 Å². The molecule has 1 fully saturated rings. The molecule has 1 N–H and O–H groups in total. The first-order valence-corrected chi connectivity index (χ1v) is 12.0. The van der Waals surface area contributed by atoms with E-state index < -0.39 is 9.84 Å². The number of aryl methyl sites for hydroxylation is 1. The molecule has 1 unspecified atom stereocenters. The molecule has 6 nitrogen and oxygen atoms in total. The first kappa shape index (κ1) is 19.3. The van der Waals surface area contributed by atoms with Gasteiger partial charge in [-0.05, 0) is 43.7 Å². The van der Waals surface area contributed by atoms with Crippen LogP contribution in [0.2, 0.25) is 0 Å². The van der Waals surface area contributed by atoms with Crippen LogP contribution >= 0.6 is 0 Å². The molecule has 0 aliphatic carbocycles. The minimum absolute atomic E-state index is 0.0698. The average molecular weight is 424 g/mol. The molecule has 0 saturated carbocycles. The zero-order valence-corrected chi connectivity index (χ0v) is 17.8. The van der Waals surface area contributed by atoms with E-state index in [4.69, 9.17) is 9.72 Å². The number of anilines is 1. The molecule has 3 heterocycles. The van der Waals surface area contributed by atoms with Crippen LogP contribution in [0.5, 0.6) is 5.75 Å². The van der Waals surface area contributed by atoms with Gasteiger partial charge in [0, 0.05) is 31.1 Å². The lowest BCUT2D eigenvalue weighted by Crippen LogP contribution is -2.27. The Bertz CT molecular complexity index is 1200. The van der Waals surface area contributed by atoms with Crippen molar-refractivity contribution in [2.45, 2.75) is 30.9 Å². The molecule has 5 rings (SSSR count). The number of nitrogens with zero attached hydrogens (tertiary/aromatic N) is 2. The SMILES string of the molecule is Cc1ccc2nc(N3CCS(=O)(=O)c4ccccc4C3)cc(OC3CCNC3)c2c1. The van der Waals surface area contributed by atoms with E-state index in [2.05, 4.69) is 18.3 Å². The quantitative estimate of drug-likeness (QED) is 0.698. The molecule has 0 radical (unpaired) electrons. The molecular weight excluding hydrogens is 398 g/mol. The molecule has 2 aromatic carbocycles. The van der Waals surface area contributed by atoms with Crippen molar-refractivity contribution in [2.75, 3.05) is 30.3 Å². The molecule has 0 amide bonds. The van der Waals surface area contributed by atoms with Gasteiger partial charge in [0.2, 0.25) is 0 Å². The summed E-state index contributed by atoms with van der Waals surface area (Å²) in [4.78, 5) is 7.35. The molecule has 1 aromatic heterocycles. The van der Waals surface area contributed by atoms with Gasteiger partial charge in [-0.2, -0.15) is 0 Å². The summed E-state index contributed by atoms with van der Waals surface area (Å²) in [6.07, 6.45) is 1.11. The molecule has 1 saturated heterocycles. The third-order valence-corrected chi connectivity index (χ3v) is 7.63. The maximum absolute atomic E-state index is 12.7. The van der Waals surface area contributed by atoms with Crippen molar-refractivity contribution in [3.63, 3.8) is 0 Å². The predicted octanol–water partition coefficient (Wildman–Crippen LogP) is 3.08. The average Bonchev–Trinajstić information content (AvgIpc) is 3.20. The smallest absolute Gasteiger partial charge is 0.180 e. The summed E-state index contributed by atoms with van der Waals surface area (Å²) < 4.78 is 31.8. The number of hydrogen-bond acceptors (Lipinski definition) is 6. The highest BCUT2D eigenvalue weighted by atomic mass is 32.2. The summed E-state index contributed by atoms with van der Waals surface area (Å²) in [5, 5.41) is 4.33. The normalized spacial score (nSPS) is 20.7. The van der Waals surface area contributed by atoms with Crippen LogP contribution in [0, 0.1) is 6.92 Å². The lowest BCUT2D eigenvalue weighted by atomic mass is 10.1. The summed E-state index contributed by atoms with van der Waals surface area (Å²) in [5.41, 5.74) is 2.82. The highest BCUT2D eigenvalue weighted by molar-refractivity contribution is 7.91. The van der Waals surface area contributed by atoms with E-state index in [1.54, 1.807) is 12.1 Å². The van der Waals surface area contributed by atoms with Gasteiger partial charge in [-0.3, -0.25) is 0 Å². The van der Waals surface area contributed by atoms with E-state index in [1.807, 2.05) is 35.2 Å². The van der Waals surface area contributed by atoms with Crippen LogP contribution in [0.25, 0.3) is 10.9 Å². The molecule has 0 spiro atoms. The number of nitrogens with one attached hydrogen (secondary N) is 1. The molecule has 1 atom stereocenters. The second kappa shape index (κ2) is 7.56. The van der Waals surface area contributed by atoms with E-state index in [1.165, 1.54) is 0 Å². The Morgan fingerprint density at radius 1 is 1.17 bits per heavy atom. The molecule has 156 valence electrons. The van der Waals surface area contributed by atoms with Gasteiger partial charge in [0.15, 0.2) is 9.84 Å². The summed E-state index contributed by atoms with van der Waals surface area (Å²) in [5.74, 6) is 1.63. The van der Waals surface area contributed by atoms with Crippen molar-refractivity contribution in [1.29, 1.82) is 0 Å². The van der Waals surface area contributed by atoms with Gasteiger partial charge in [0.25, 0.3) is 0 Å². The Hall–Kier alpha value is -2.64. The second-order valence-corrected chi connectivity index (χ2v) is 10.2. The summed E-state index contributed by atoms with van der Waals surface area (Å²) in [6.45, 7) is 4.75. The minimum Gasteiger partial charge on any atom is -0.488 e. The number of fused-ring (bicyclic) bond motifs is 2. The van der Waals surface area contributed by atoms with E-state index >= 15 is 0 Å². The number of pyridine rings is 1. The fraction of sp³-hybridized carbons (Fsp3) is 0.348. The molecule has 30 heavy (non-hydrogen) atoms. The lowest BCUT2D eigenvalue weighted by molar-refractivity contribution is 0.226. The van der Waals surface area contributed by atoms with Gasteiger partial charge in [-0.25, -0.2) is 13.4 Å². The number of rotatable bonds is 3. The Labute approximate surface area is 176 Å². The van der Waals surface area contributed by atoms with Crippen molar-refractivity contribution in [2.24, 2.45) is 0 Å². The van der Waals surface area contributed by atoms with Gasteiger partial charge in [-0.1, -0.05) is 29.8 Å². The van der Waals surface area contributed by atoms with Gasteiger partial charge < -0.3 is 15.0 Å². The Balaban J connectivity index is 1.58. The number of benzene rings is 2. The van der Waals surface area contributed by atoms with Crippen LogP contribution in [-0.2, 0) is 16.4 Å². The zero-order chi connectivity index (χ0) is 20.7. The summed E-state index contributed by atoms with van der Waals surface area (Å²) in [6, 6.07) is 15.4. The third kappa shape index (κ3) is 3.63. The second-order valence-electron chi connectivity index (χ2n) is 8.08. The highest BCUT2D eigenvalue weighted by Crippen LogP contribution is 2.33. The molecule has 3 aromatic rings. The summed E-state index contributed by atoms with van der Waals surface area (Å²) in [7, 11) is -3.31. The molecular formula is C23H25N3O3S. The van der Waals surface area contributed by atoms with Crippen molar-refractivity contribution in [1.82, 2.24) is 10.3 Å². The molecule has 2 aliphatic rings. The zero-order valence-electron chi connectivity index (χ0n) is 17.0. The van der Waals surface area contributed by atoms with Gasteiger partial charge in [0.1, 0.15) is 17.7 Å². The Kier molecular flexibility index (Phi) is 4.87. The predicted molar refractivity (Wildman–Crippen MR) is 118 cm³/mol. The monoisotopic (exact) mass is 423 g/mol. The standard InChI is InChI=1S/C23H25N3O3S/c1-16-6-7-20-19(12-16)21(29-18-8-9-24-14-18)13-23(25-20)26-10-11-30(27,28)22-5-3-2-4-17(22)15-26/h2-7,12-13,18,24H,8-11,14-15H2,1H3. The van der Waals surface area contributed by atoms with Crippen LogP contribution < -0.4 is 15.0 Å². The lowest BCUT2D eigenvalue weighted by Gasteiger charge is -2.24. The third-order valence-electron chi connectivity index (χ3n) is 5.84. The maximum atomic E-state index is 12.7. The van der Waals surface area contributed by atoms with Gasteiger partial charge >= 0.3 is 0 Å². The van der Waals surface area contributed by atoms with Crippen LogP contribution in [0.4, 0.5) is 5.82 Å². The van der Waals surface area contributed by atoms with Crippen molar-refractivity contribution >= 4 is 26.6 Å². The largest absolute Gasteiger partial charge is 0.488 e. The first-order chi connectivity index (χ1) is 14.5. The Morgan fingerprint density at radius 2 is 2.03 bits per heavy atom. The first-order valence-electron chi connectivity index (χ1n) is 10.3. The number of aromatic nitrogens is 1. The van der Waals surface area contributed by atoms with Crippen molar-refractivity contribution in [3.8, 4) is 5.75 Å². The number of sulfone groups is 1. The van der Waals surface area contributed by atoms with E-state index in [0.717, 1.165) is 53.1 Å². The number of ether oxygens (including phenoxy) is 1. The van der Waals surface area contributed by atoms with E-state index in [-0.39, 0.29) is 11.9 Å². The maximum Gasteiger partial charge on any atom is 0.180 e. The minimum atomic E-state index is -3.31. The molecule has 2 aliphatic heterocycles. The van der Waals surface area contributed by atoms with Crippen LogP contribution in [0.3, 0.4) is 0 Å². The number of hydrogen-bond donors (Lipinski definition) is 1. The Morgan fingerprint density at radius 3 is 2.87 bits per heavy atom. The highest BCUT2D eigenvalue weighted by Gasteiger charge is 2.26. The van der Waals surface area contributed by atoms with Crippen LogP contribution in [0.1, 0.15) is 17.5 Å². The topological polar surface area (TPSA) is 71.5 Å². The van der Waals surface area contributed by atoms with Crippen LogP contribution in [-0.4, -0.2) is 44.9 Å². The van der Waals surface area contributed by atoms with E-state index in [9.17, 15) is 8.42 Å². The molecule has 7 heteroatoms. The molecule has 0 bridgehead atoms. The van der Waals surface area contributed by atoms with Crippen LogP contribution in [0.15, 0.2) is 53.4 Å². The van der Waals surface area contributed by atoms with Crippen molar-refractivity contribution < 1.29 is 13.2 Å². The van der Waals surface area contributed by atoms with Gasteiger partial charge in [0.05, 0.1) is 16.2 Å². The van der Waals surface area contributed by atoms with Gasteiger partial charge in [-0.15, -0.1) is 0 Å². The fourth-order valence-electron chi connectivity index (χ4n) is 4.22. The summed E-state index contributed by atoms with van der Waals surface area (Å²) >= 11 is 0. The van der Waals surface area contributed by atoms with Crippen molar-refractivity contribution in [3.05, 3.63) is 59.7 Å². The fourth-order valence-corrected chi connectivity index (χ4v) is 5.72.